The fraction of sp³-hybridized carbons (Fsp3) is 0.130. The first kappa shape index (κ1) is 27.0. The number of amides is 3. The Bertz CT molecular complexity index is 1310. The zero-order chi connectivity index (χ0) is 26.6. The predicted molar refractivity (Wildman–Crippen MR) is 131 cm³/mol. The van der Waals surface area contributed by atoms with Gasteiger partial charge in [-0.05, 0) is 36.4 Å². The van der Waals surface area contributed by atoms with E-state index in [2.05, 4.69) is 23.4 Å². The number of urea groups is 1. The van der Waals surface area contributed by atoms with Crippen molar-refractivity contribution in [2.45, 2.75) is 6.18 Å². The Kier molecular flexibility index (Phi) is 8.21. The van der Waals surface area contributed by atoms with Crippen LogP contribution in [0.1, 0.15) is 15.9 Å². The second-order valence-corrected chi connectivity index (χ2v) is 7.90. The summed E-state index contributed by atoms with van der Waals surface area (Å²) in [5.41, 5.74) is -2.51. The number of benzene rings is 3. The van der Waals surface area contributed by atoms with Crippen molar-refractivity contribution in [2.24, 2.45) is 0 Å². The molecular formula is C23H18ClF4N3O4S. The van der Waals surface area contributed by atoms with Gasteiger partial charge in [-0.15, -0.1) is 0 Å². The van der Waals surface area contributed by atoms with Gasteiger partial charge in [0.05, 0.1) is 47.4 Å². The van der Waals surface area contributed by atoms with Gasteiger partial charge in [-0.2, -0.15) is 13.2 Å². The summed E-state index contributed by atoms with van der Waals surface area (Å²) in [7, 11) is 2.72. The van der Waals surface area contributed by atoms with Crippen LogP contribution in [0.5, 0.6) is 11.5 Å². The molecule has 0 atom stereocenters. The molecule has 0 aliphatic rings. The van der Waals surface area contributed by atoms with Crippen molar-refractivity contribution in [3.63, 3.8) is 0 Å². The fourth-order valence-corrected chi connectivity index (χ4v) is 3.50. The summed E-state index contributed by atoms with van der Waals surface area (Å²) in [6.07, 6.45) is -4.92. The Morgan fingerprint density at radius 1 is 0.944 bits per heavy atom. The van der Waals surface area contributed by atoms with Crippen LogP contribution in [0.3, 0.4) is 0 Å². The molecule has 3 rings (SSSR count). The van der Waals surface area contributed by atoms with Crippen LogP contribution in [-0.2, 0) is 6.18 Å². The van der Waals surface area contributed by atoms with Crippen LogP contribution in [0, 0.1) is 5.82 Å². The van der Waals surface area contributed by atoms with Crippen molar-refractivity contribution in [2.75, 3.05) is 29.2 Å². The topological polar surface area (TPSA) is 79.9 Å². The van der Waals surface area contributed by atoms with Gasteiger partial charge in [0.2, 0.25) is 0 Å². The molecule has 0 fully saturated rings. The normalized spacial score (nSPS) is 11.0. The number of halogens is 5. The first-order valence-corrected chi connectivity index (χ1v) is 10.7. The number of alkyl halides is 3. The summed E-state index contributed by atoms with van der Waals surface area (Å²) < 4.78 is 66.1. The molecule has 0 aliphatic carbocycles. The van der Waals surface area contributed by atoms with Gasteiger partial charge in [-0.1, -0.05) is 36.5 Å². The first-order chi connectivity index (χ1) is 17.0. The average molecular weight is 544 g/mol. The number of thiol groups is 1. The number of rotatable bonds is 6. The molecule has 0 aromatic heterocycles. The Hall–Kier alpha value is -3.64. The third-order valence-electron chi connectivity index (χ3n) is 4.83. The lowest BCUT2D eigenvalue weighted by Gasteiger charge is -2.21. The molecule has 0 radical (unpaired) electrons. The molecule has 3 aromatic rings. The Labute approximate surface area is 213 Å². The maximum absolute atomic E-state index is 13.9. The molecular weight excluding hydrogens is 526 g/mol. The van der Waals surface area contributed by atoms with Gasteiger partial charge in [0.1, 0.15) is 17.3 Å². The van der Waals surface area contributed by atoms with Gasteiger partial charge in [0, 0.05) is 6.07 Å². The number of carbonyl (C=O) groups excluding carboxylic acids is 2. The summed E-state index contributed by atoms with van der Waals surface area (Å²) >= 11 is 10.1. The smallest absolute Gasteiger partial charge is 0.418 e. The molecule has 190 valence electrons. The summed E-state index contributed by atoms with van der Waals surface area (Å²) in [6.45, 7) is 0. The zero-order valence-electron chi connectivity index (χ0n) is 18.6. The van der Waals surface area contributed by atoms with Gasteiger partial charge >= 0.3 is 12.2 Å². The van der Waals surface area contributed by atoms with E-state index in [-0.39, 0.29) is 27.9 Å². The van der Waals surface area contributed by atoms with Crippen LogP contribution in [0.15, 0.2) is 54.6 Å². The lowest BCUT2D eigenvalue weighted by molar-refractivity contribution is -0.136. The zero-order valence-corrected chi connectivity index (χ0v) is 20.3. The maximum Gasteiger partial charge on any atom is 0.418 e. The van der Waals surface area contributed by atoms with E-state index in [4.69, 9.17) is 21.1 Å². The Morgan fingerprint density at radius 3 is 2.22 bits per heavy atom. The number of methoxy groups -OCH3 is 2. The average Bonchev–Trinajstić information content (AvgIpc) is 2.83. The van der Waals surface area contributed by atoms with Crippen LogP contribution in [0.2, 0.25) is 5.02 Å². The number of nitrogens with one attached hydrogen (secondary N) is 2. The second-order valence-electron chi connectivity index (χ2n) is 7.09. The number of nitrogens with zero attached hydrogens (tertiary/aromatic N) is 1. The minimum absolute atomic E-state index is 0.108. The molecule has 36 heavy (non-hydrogen) atoms. The number of ether oxygens (including phenoxy) is 2. The monoisotopic (exact) mass is 543 g/mol. The highest BCUT2D eigenvalue weighted by Gasteiger charge is 2.35. The molecule has 3 aromatic carbocycles. The van der Waals surface area contributed by atoms with Crippen LogP contribution in [-0.4, -0.2) is 26.2 Å². The van der Waals surface area contributed by atoms with Crippen molar-refractivity contribution in [1.29, 1.82) is 0 Å². The van der Waals surface area contributed by atoms with Crippen molar-refractivity contribution < 1.29 is 36.6 Å². The predicted octanol–water partition coefficient (Wildman–Crippen LogP) is 6.65. The third-order valence-corrected chi connectivity index (χ3v) is 5.54. The van der Waals surface area contributed by atoms with Gasteiger partial charge in [0.25, 0.3) is 5.91 Å². The Morgan fingerprint density at radius 2 is 1.61 bits per heavy atom. The second kappa shape index (κ2) is 11.0. The van der Waals surface area contributed by atoms with E-state index < -0.39 is 40.7 Å². The van der Waals surface area contributed by atoms with Gasteiger partial charge in [-0.25, -0.2) is 13.5 Å². The lowest BCUT2D eigenvalue weighted by atomic mass is 10.1. The summed E-state index contributed by atoms with van der Waals surface area (Å²) in [4.78, 5) is 25.0. The van der Waals surface area contributed by atoms with E-state index in [0.717, 1.165) is 24.3 Å². The van der Waals surface area contributed by atoms with Gasteiger partial charge in [0.15, 0.2) is 0 Å². The van der Waals surface area contributed by atoms with E-state index in [9.17, 15) is 27.2 Å². The molecule has 0 unspecified atom stereocenters. The van der Waals surface area contributed by atoms with Crippen LogP contribution in [0.25, 0.3) is 0 Å². The van der Waals surface area contributed by atoms with E-state index in [1.54, 1.807) is 0 Å². The standard InChI is InChI=1S/C23H18ClF4N3O4S/c1-34-19-11-20(35-2)18(10-15(19)24)30-22(33)31(36)12-7-8-17(14(9-12)23(26,27)28)29-21(32)13-5-3-4-6-16(13)25/h3-11,36H,1-2H3,(H,29,32)(H,30,33). The summed E-state index contributed by atoms with van der Waals surface area (Å²) in [6, 6.07) is 9.32. The van der Waals surface area contributed by atoms with E-state index in [0.29, 0.717) is 10.4 Å². The fourth-order valence-electron chi connectivity index (χ4n) is 3.09. The molecule has 0 spiro atoms. The summed E-state index contributed by atoms with van der Waals surface area (Å²) in [5.74, 6) is -1.52. The van der Waals surface area contributed by atoms with E-state index in [1.165, 1.54) is 38.5 Å². The number of hydrogen-bond acceptors (Lipinski definition) is 5. The summed E-state index contributed by atoms with van der Waals surface area (Å²) in [5, 5.41) is 4.64. The Balaban J connectivity index is 1.89. The minimum atomic E-state index is -4.92. The van der Waals surface area contributed by atoms with Gasteiger partial charge < -0.3 is 20.1 Å². The van der Waals surface area contributed by atoms with Crippen molar-refractivity contribution in [1.82, 2.24) is 0 Å². The molecule has 0 heterocycles. The lowest BCUT2D eigenvalue weighted by Crippen LogP contribution is -2.27. The third kappa shape index (κ3) is 5.94. The minimum Gasteiger partial charge on any atom is -0.495 e. The van der Waals surface area contributed by atoms with Crippen molar-refractivity contribution >= 4 is 53.4 Å². The molecule has 13 heteroatoms. The van der Waals surface area contributed by atoms with Gasteiger partial charge in [-0.3, -0.25) is 4.79 Å². The molecule has 0 aliphatic heterocycles. The van der Waals surface area contributed by atoms with E-state index >= 15 is 0 Å². The van der Waals surface area contributed by atoms with E-state index in [1.807, 2.05) is 0 Å². The highest BCUT2D eigenvalue weighted by Crippen LogP contribution is 2.39. The quantitative estimate of drug-likeness (QED) is 0.240. The van der Waals surface area contributed by atoms with Crippen LogP contribution < -0.4 is 24.4 Å². The molecule has 0 saturated carbocycles. The molecule has 2 N–H and O–H groups in total. The number of anilines is 3. The molecule has 0 saturated heterocycles. The number of hydrogen-bond donors (Lipinski definition) is 3. The maximum atomic E-state index is 13.9. The molecule has 7 nitrogen and oxygen atoms in total. The number of carbonyl (C=O) groups is 2. The first-order valence-electron chi connectivity index (χ1n) is 9.95. The van der Waals surface area contributed by atoms with Crippen LogP contribution in [0.4, 0.5) is 39.4 Å². The van der Waals surface area contributed by atoms with Crippen LogP contribution >= 0.6 is 24.4 Å². The van der Waals surface area contributed by atoms with Crippen molar-refractivity contribution in [3.8, 4) is 11.5 Å². The highest BCUT2D eigenvalue weighted by molar-refractivity contribution is 7.82. The largest absolute Gasteiger partial charge is 0.495 e. The highest BCUT2D eigenvalue weighted by atomic mass is 35.5. The van der Waals surface area contributed by atoms with Crippen molar-refractivity contribution in [3.05, 3.63) is 76.6 Å². The SMILES string of the molecule is COc1cc(OC)c(NC(=O)N(S)c2ccc(NC(=O)c3ccccc3F)c(C(F)(F)F)c2)cc1Cl. The molecule has 0 bridgehead atoms. The molecule has 3 amide bonds.